The molecule has 0 atom stereocenters. The van der Waals surface area contributed by atoms with Crippen LogP contribution in [0.1, 0.15) is 114 Å². The van der Waals surface area contributed by atoms with Crippen molar-refractivity contribution in [2.45, 2.75) is 120 Å². The summed E-state index contributed by atoms with van der Waals surface area (Å²) in [7, 11) is 0. The third-order valence-corrected chi connectivity index (χ3v) is 15.1. The zero-order chi connectivity index (χ0) is 41.3. The number of aliphatic hydroxyl groups is 1. The second-order valence-electron chi connectivity index (χ2n) is 15.9. The minimum Gasteiger partial charge on any atom is -0.512 e. The molecule has 0 unspecified atom stereocenters. The van der Waals surface area contributed by atoms with Gasteiger partial charge in [-0.2, -0.15) is 13.2 Å². The number of aromatic nitrogens is 1. The van der Waals surface area contributed by atoms with E-state index in [9.17, 15) is 23.1 Å². The van der Waals surface area contributed by atoms with Crippen LogP contribution in [0.2, 0.25) is 0 Å². The maximum Gasteiger partial charge on any atom is 0.394 e. The van der Waals surface area contributed by atoms with Gasteiger partial charge in [0.25, 0.3) is 0 Å². The van der Waals surface area contributed by atoms with Crippen molar-refractivity contribution >= 4 is 69.4 Å². The molecule has 6 rings (SSSR count). The Balaban J connectivity index is 0.000000385. The van der Waals surface area contributed by atoms with Crippen LogP contribution < -0.4 is 0 Å². The van der Waals surface area contributed by atoms with Gasteiger partial charge in [-0.3, -0.25) is 4.79 Å². The first-order chi connectivity index (χ1) is 26.4. The van der Waals surface area contributed by atoms with Crippen LogP contribution >= 0.6 is 34.0 Å². The monoisotopic (exact) mass is 1010 g/mol. The van der Waals surface area contributed by atoms with Crippen molar-refractivity contribution in [3.63, 3.8) is 0 Å². The van der Waals surface area contributed by atoms with Crippen molar-refractivity contribution in [1.82, 2.24) is 4.98 Å². The molecule has 57 heavy (non-hydrogen) atoms. The molecule has 309 valence electrons. The van der Waals surface area contributed by atoms with Gasteiger partial charge in [-0.05, 0) is 103 Å². The summed E-state index contributed by atoms with van der Waals surface area (Å²) in [4.78, 5) is 19.1. The number of carbonyl (C=O) groups excluding carboxylic acids is 1. The molecule has 0 amide bonds. The maximum atomic E-state index is 13.4. The molecule has 0 aliphatic rings. The summed E-state index contributed by atoms with van der Waals surface area (Å²) < 4.78 is 43.9. The molecular formula is C47H55F3IrNO2S3-. The number of fused-ring (bicyclic) bond motifs is 4. The van der Waals surface area contributed by atoms with Crippen LogP contribution in [0.25, 0.3) is 51.3 Å². The molecule has 1 N–H and O–H groups in total. The van der Waals surface area contributed by atoms with Gasteiger partial charge in [0.15, 0.2) is 5.78 Å². The number of alkyl halides is 3. The largest absolute Gasteiger partial charge is 0.512 e. The number of pyridine rings is 1. The van der Waals surface area contributed by atoms with E-state index in [2.05, 4.69) is 52.8 Å². The number of halogens is 3. The van der Waals surface area contributed by atoms with Crippen molar-refractivity contribution in [1.29, 1.82) is 0 Å². The van der Waals surface area contributed by atoms with Crippen LogP contribution in [0.4, 0.5) is 13.2 Å². The second kappa shape index (κ2) is 19.0. The molecule has 0 aliphatic heterocycles. The van der Waals surface area contributed by atoms with Gasteiger partial charge in [-0.25, -0.2) is 0 Å². The van der Waals surface area contributed by atoms with Crippen LogP contribution in [0.3, 0.4) is 0 Å². The molecule has 1 radical (unpaired) electrons. The molecule has 0 spiro atoms. The standard InChI is InChI=1S/C34H31F3NS3.C13H24O2.Ir/c1-17(2)25-14-23(15-26-28(25)27-18(3)20(5)39-32(27)40-26)29-31-24(12-13-38-29)19(4)30(41-31)22-10-8-21(9-11-22)16-33(6,7)34(35,36)37;1-5-10(6-2)12(14)9-13(15)11(7-3)8-4;/h8-14,17H,16H2,1-7H3;9-11,14H,5-8H2,1-4H3;/q-1;;/b;12-9-;. The van der Waals surface area contributed by atoms with E-state index in [1.807, 2.05) is 80.8 Å². The molecule has 0 aliphatic carbocycles. The number of hydrogen-bond acceptors (Lipinski definition) is 6. The van der Waals surface area contributed by atoms with E-state index in [4.69, 9.17) is 4.98 Å². The van der Waals surface area contributed by atoms with E-state index in [0.29, 0.717) is 11.5 Å². The number of aliphatic hydroxyl groups excluding tert-OH is 1. The summed E-state index contributed by atoms with van der Waals surface area (Å²) in [5.41, 5.74) is 5.70. The molecule has 0 bridgehead atoms. The number of hydrogen-bond donors (Lipinski definition) is 1. The smallest absolute Gasteiger partial charge is 0.394 e. The van der Waals surface area contributed by atoms with Gasteiger partial charge in [0.1, 0.15) is 0 Å². The van der Waals surface area contributed by atoms with Crippen molar-refractivity contribution < 1.29 is 43.2 Å². The Labute approximate surface area is 362 Å². The van der Waals surface area contributed by atoms with Crippen molar-refractivity contribution in [2.75, 3.05) is 0 Å². The van der Waals surface area contributed by atoms with Crippen LogP contribution in [-0.4, -0.2) is 22.1 Å². The fraction of sp³-hybridized carbons (Fsp3) is 0.447. The normalized spacial score (nSPS) is 12.6. The summed E-state index contributed by atoms with van der Waals surface area (Å²) in [5, 5.41) is 13.6. The molecule has 0 saturated heterocycles. The molecular weight excluding hydrogens is 956 g/mol. The first kappa shape index (κ1) is 46.8. The number of ketones is 1. The number of nitrogens with zero attached hydrogens (tertiary/aromatic N) is 1. The molecule has 4 heterocycles. The predicted molar refractivity (Wildman–Crippen MR) is 236 cm³/mol. The Hall–Kier alpha value is -2.88. The Bertz CT molecular complexity index is 2360. The summed E-state index contributed by atoms with van der Waals surface area (Å²) in [6.45, 7) is 21.6. The second-order valence-corrected chi connectivity index (χ2v) is 19.4. The van der Waals surface area contributed by atoms with E-state index >= 15 is 0 Å². The molecule has 10 heteroatoms. The summed E-state index contributed by atoms with van der Waals surface area (Å²) in [6.07, 6.45) is 2.48. The fourth-order valence-corrected chi connectivity index (χ4v) is 11.3. The number of carbonyl (C=O) groups is 1. The topological polar surface area (TPSA) is 50.2 Å². The van der Waals surface area contributed by atoms with E-state index in [-0.39, 0.29) is 49.9 Å². The Morgan fingerprint density at radius 1 is 0.877 bits per heavy atom. The first-order valence-electron chi connectivity index (χ1n) is 19.7. The summed E-state index contributed by atoms with van der Waals surface area (Å²) in [5.74, 6) is 0.898. The third-order valence-electron chi connectivity index (χ3n) is 11.3. The molecule has 0 saturated carbocycles. The van der Waals surface area contributed by atoms with Crippen LogP contribution in [0.15, 0.2) is 54.4 Å². The molecule has 4 aromatic heterocycles. The van der Waals surface area contributed by atoms with E-state index in [1.54, 1.807) is 11.3 Å². The minimum atomic E-state index is -4.25. The van der Waals surface area contributed by atoms with Crippen LogP contribution in [-0.2, 0) is 31.3 Å². The molecule has 0 fully saturated rings. The molecule has 6 aromatic rings. The van der Waals surface area contributed by atoms with Gasteiger partial charge >= 0.3 is 6.18 Å². The number of benzene rings is 2. The number of allylic oxidation sites excluding steroid dienone is 2. The first-order valence-corrected chi connectivity index (χ1v) is 22.2. The average Bonchev–Trinajstić information content (AvgIpc) is 3.77. The van der Waals surface area contributed by atoms with Crippen LogP contribution in [0, 0.1) is 44.1 Å². The number of aryl methyl sites for hydroxylation is 3. The Morgan fingerprint density at radius 2 is 1.49 bits per heavy atom. The van der Waals surface area contributed by atoms with Gasteiger partial charge in [-0.15, -0.1) is 57.3 Å². The summed E-state index contributed by atoms with van der Waals surface area (Å²) in [6, 6.07) is 15.6. The van der Waals surface area contributed by atoms with Gasteiger partial charge < -0.3 is 10.1 Å². The zero-order valence-corrected chi connectivity index (χ0v) is 39.7. The maximum absolute atomic E-state index is 13.4. The SMILES string of the molecule is CCC(CC)C(=O)/C=C(\O)C(CC)CC.Cc1sc2sc3[c-]c(-c4nccc5c(C)c(-c6ccc(CC(C)(C)C(F)(F)F)cc6)sc45)cc(C(C)C)c3c2c1C.[Ir]. The van der Waals surface area contributed by atoms with Crippen molar-refractivity contribution in [3.8, 4) is 21.7 Å². The van der Waals surface area contributed by atoms with Crippen molar-refractivity contribution in [2.24, 2.45) is 17.3 Å². The fourth-order valence-electron chi connectivity index (χ4n) is 7.33. The van der Waals surface area contributed by atoms with Gasteiger partial charge in [-0.1, -0.05) is 85.0 Å². The molecule has 2 aromatic carbocycles. The Morgan fingerprint density at radius 3 is 2.05 bits per heavy atom. The predicted octanol–water partition coefficient (Wildman–Crippen LogP) is 15.9. The van der Waals surface area contributed by atoms with Gasteiger partial charge in [0.2, 0.25) is 0 Å². The molecule has 3 nitrogen and oxygen atoms in total. The van der Waals surface area contributed by atoms with E-state index in [1.165, 1.54) is 55.4 Å². The van der Waals surface area contributed by atoms with Crippen LogP contribution in [0.5, 0.6) is 0 Å². The quantitative estimate of drug-likeness (QED) is 0.0755. The number of thiophene rings is 3. The third kappa shape index (κ3) is 9.78. The minimum absolute atomic E-state index is 0. The zero-order valence-electron chi connectivity index (χ0n) is 34.9. The van der Waals surface area contributed by atoms with Crippen molar-refractivity contribution in [3.05, 3.63) is 87.6 Å². The average molecular weight is 1010 g/mol. The van der Waals surface area contributed by atoms with E-state index in [0.717, 1.165) is 63.0 Å². The summed E-state index contributed by atoms with van der Waals surface area (Å²) >= 11 is 5.38. The van der Waals surface area contributed by atoms with Gasteiger partial charge in [0.05, 0.1) is 15.2 Å². The Kier molecular flexibility index (Phi) is 15.6. The number of rotatable bonds is 12. The van der Waals surface area contributed by atoms with E-state index < -0.39 is 11.6 Å². The van der Waals surface area contributed by atoms with Gasteiger partial charge in [0, 0.05) is 64.4 Å².